The summed E-state index contributed by atoms with van der Waals surface area (Å²) in [6, 6.07) is 0. The van der Waals surface area contributed by atoms with Gasteiger partial charge in [-0.1, -0.05) is 0 Å². The highest BCUT2D eigenvalue weighted by molar-refractivity contribution is 5.58. The third-order valence-corrected chi connectivity index (χ3v) is 2.69. The molecule has 0 bridgehead atoms. The van der Waals surface area contributed by atoms with Gasteiger partial charge in [-0.25, -0.2) is 0 Å². The molecule has 0 spiro atoms. The Morgan fingerprint density at radius 1 is 1.06 bits per heavy atom. The fourth-order valence-electron chi connectivity index (χ4n) is 2.09. The van der Waals surface area contributed by atoms with Crippen LogP contribution in [0.1, 0.15) is 27.7 Å². The van der Waals surface area contributed by atoms with Crippen LogP contribution in [0.5, 0.6) is 0 Å². The molecular weight excluding hydrogens is 212 g/mol. The average Bonchev–Trinajstić information content (AvgIpc) is 2.65. The number of rotatable bonds is 2. The molecule has 5 nitrogen and oxygen atoms in total. The van der Waals surface area contributed by atoms with Gasteiger partial charge in [-0.15, -0.1) is 0 Å². The maximum absolute atomic E-state index is 10.9. The van der Waals surface area contributed by atoms with Gasteiger partial charge in [0.1, 0.15) is 18.3 Å². The van der Waals surface area contributed by atoms with E-state index in [9.17, 15) is 4.79 Å². The van der Waals surface area contributed by atoms with E-state index >= 15 is 0 Å². The molecule has 92 valence electrons. The van der Waals surface area contributed by atoms with Crippen LogP contribution < -0.4 is 0 Å². The molecule has 5 heteroatoms. The van der Waals surface area contributed by atoms with Gasteiger partial charge in [-0.05, 0) is 27.7 Å². The van der Waals surface area contributed by atoms with E-state index in [0.29, 0.717) is 6.61 Å². The van der Waals surface area contributed by atoms with Crippen LogP contribution in [0, 0.1) is 0 Å². The van der Waals surface area contributed by atoms with Gasteiger partial charge < -0.3 is 23.7 Å². The highest BCUT2D eigenvalue weighted by Gasteiger charge is 2.49. The van der Waals surface area contributed by atoms with Crippen molar-refractivity contribution < 1.29 is 23.7 Å². The van der Waals surface area contributed by atoms with Crippen LogP contribution in [0.25, 0.3) is 0 Å². The molecule has 3 unspecified atom stereocenters. The monoisotopic (exact) mass is 230 g/mol. The Balaban J connectivity index is 2.07. The molecular formula is C11H18O5. The molecule has 0 amide bonds. The molecule has 2 saturated heterocycles. The minimum absolute atomic E-state index is 0.257. The molecule has 2 fully saturated rings. The summed E-state index contributed by atoms with van der Waals surface area (Å²) >= 11 is 0. The van der Waals surface area contributed by atoms with Gasteiger partial charge in [0, 0.05) is 0 Å². The third-order valence-electron chi connectivity index (χ3n) is 2.69. The van der Waals surface area contributed by atoms with Crippen molar-refractivity contribution in [2.45, 2.75) is 57.6 Å². The van der Waals surface area contributed by atoms with E-state index in [1.807, 2.05) is 13.8 Å². The summed E-state index contributed by atoms with van der Waals surface area (Å²) in [7, 11) is 0. The Bertz CT molecular complexity index is 286. The van der Waals surface area contributed by atoms with Crippen LogP contribution >= 0.6 is 0 Å². The molecule has 0 aromatic heterocycles. The highest BCUT2D eigenvalue weighted by atomic mass is 16.8. The summed E-state index contributed by atoms with van der Waals surface area (Å²) in [6.07, 6.45) is -0.479. The quantitative estimate of drug-likeness (QED) is 0.658. The van der Waals surface area contributed by atoms with Gasteiger partial charge in [0.25, 0.3) is 0 Å². The van der Waals surface area contributed by atoms with Crippen molar-refractivity contribution >= 4 is 6.29 Å². The summed E-state index contributed by atoms with van der Waals surface area (Å²) in [6.45, 7) is 7.66. The second-order valence-corrected chi connectivity index (χ2v) is 5.07. The molecule has 3 atom stereocenters. The predicted octanol–water partition coefficient (Wildman–Crippen LogP) is 0.857. The van der Waals surface area contributed by atoms with Gasteiger partial charge in [-0.3, -0.25) is 0 Å². The Morgan fingerprint density at radius 3 is 2.25 bits per heavy atom. The first kappa shape index (κ1) is 12.0. The van der Waals surface area contributed by atoms with Gasteiger partial charge in [0.15, 0.2) is 17.9 Å². The fraction of sp³-hybridized carbons (Fsp3) is 0.909. The maximum Gasteiger partial charge on any atom is 0.164 e. The lowest BCUT2D eigenvalue weighted by molar-refractivity contribution is -0.174. The zero-order valence-electron chi connectivity index (χ0n) is 10.1. The lowest BCUT2D eigenvalue weighted by Gasteiger charge is -2.22. The number of hydrogen-bond acceptors (Lipinski definition) is 5. The minimum atomic E-state index is -0.744. The van der Waals surface area contributed by atoms with E-state index in [0.717, 1.165) is 6.29 Å². The Kier molecular flexibility index (Phi) is 2.82. The minimum Gasteiger partial charge on any atom is -0.348 e. The van der Waals surface area contributed by atoms with Crippen LogP contribution in [0.2, 0.25) is 0 Å². The standard InChI is InChI=1S/C11H18O5/c1-10(2)13-6-8(15-10)9-7(5-12)14-11(3,4)16-9/h5,7-9H,6H2,1-4H3. The highest BCUT2D eigenvalue weighted by Crippen LogP contribution is 2.34. The van der Waals surface area contributed by atoms with Crippen molar-refractivity contribution in [2.24, 2.45) is 0 Å². The molecule has 0 aromatic carbocycles. The first-order valence-electron chi connectivity index (χ1n) is 5.46. The molecule has 2 rings (SSSR count). The number of hydrogen-bond donors (Lipinski definition) is 0. The molecule has 2 aliphatic rings. The largest absolute Gasteiger partial charge is 0.348 e. The molecule has 16 heavy (non-hydrogen) atoms. The van der Waals surface area contributed by atoms with Crippen LogP contribution in [0.4, 0.5) is 0 Å². The summed E-state index contributed by atoms with van der Waals surface area (Å²) in [5, 5.41) is 0. The van der Waals surface area contributed by atoms with Crippen molar-refractivity contribution in [2.75, 3.05) is 6.61 Å². The van der Waals surface area contributed by atoms with Crippen molar-refractivity contribution in [3.63, 3.8) is 0 Å². The molecule has 0 aromatic rings. The number of carbonyl (C=O) groups excluding carboxylic acids is 1. The number of ether oxygens (including phenoxy) is 4. The van der Waals surface area contributed by atoms with Gasteiger partial charge in [0.2, 0.25) is 0 Å². The maximum atomic E-state index is 10.9. The number of carbonyl (C=O) groups is 1. The SMILES string of the molecule is CC1(C)OCC(C2OC(C)(C)OC2C=O)O1. The van der Waals surface area contributed by atoms with Gasteiger partial charge in [-0.2, -0.15) is 0 Å². The molecule has 2 heterocycles. The first-order chi connectivity index (χ1) is 7.33. The van der Waals surface area contributed by atoms with Crippen LogP contribution in [0.3, 0.4) is 0 Å². The summed E-state index contributed by atoms with van der Waals surface area (Å²) < 4.78 is 22.3. The fourth-order valence-corrected chi connectivity index (χ4v) is 2.09. The Hall–Kier alpha value is -0.490. The molecule has 0 N–H and O–H groups in total. The van der Waals surface area contributed by atoms with Crippen molar-refractivity contribution in [3.8, 4) is 0 Å². The van der Waals surface area contributed by atoms with E-state index < -0.39 is 23.8 Å². The lowest BCUT2D eigenvalue weighted by atomic mass is 10.1. The van der Waals surface area contributed by atoms with E-state index in [1.54, 1.807) is 13.8 Å². The molecule has 0 radical (unpaired) electrons. The Morgan fingerprint density at radius 2 is 1.75 bits per heavy atom. The van der Waals surface area contributed by atoms with Crippen molar-refractivity contribution in [1.29, 1.82) is 0 Å². The average molecular weight is 230 g/mol. The van der Waals surface area contributed by atoms with Crippen LogP contribution in [-0.4, -0.2) is 42.8 Å². The second kappa shape index (κ2) is 3.77. The smallest absolute Gasteiger partial charge is 0.164 e. The summed E-state index contributed by atoms with van der Waals surface area (Å²) in [5.74, 6) is -1.36. The van der Waals surface area contributed by atoms with Crippen LogP contribution in [-0.2, 0) is 23.7 Å². The van der Waals surface area contributed by atoms with Crippen molar-refractivity contribution in [1.82, 2.24) is 0 Å². The second-order valence-electron chi connectivity index (χ2n) is 5.07. The molecule has 0 aliphatic carbocycles. The van der Waals surface area contributed by atoms with Gasteiger partial charge in [0.05, 0.1) is 6.61 Å². The number of aldehydes is 1. The third kappa shape index (κ3) is 2.27. The normalized spacial score (nSPS) is 41.1. The molecule has 0 saturated carbocycles. The summed E-state index contributed by atoms with van der Waals surface area (Å²) in [5.41, 5.74) is 0. The van der Waals surface area contributed by atoms with E-state index in [1.165, 1.54) is 0 Å². The van der Waals surface area contributed by atoms with Crippen molar-refractivity contribution in [3.05, 3.63) is 0 Å². The Labute approximate surface area is 95.0 Å². The van der Waals surface area contributed by atoms with Crippen LogP contribution in [0.15, 0.2) is 0 Å². The lowest BCUT2D eigenvalue weighted by Crippen LogP contribution is -2.38. The molecule has 2 aliphatic heterocycles. The topological polar surface area (TPSA) is 54.0 Å². The van der Waals surface area contributed by atoms with E-state index in [2.05, 4.69) is 0 Å². The van der Waals surface area contributed by atoms with E-state index in [4.69, 9.17) is 18.9 Å². The first-order valence-corrected chi connectivity index (χ1v) is 5.46. The zero-order chi connectivity index (χ0) is 12.0. The van der Waals surface area contributed by atoms with Gasteiger partial charge >= 0.3 is 0 Å². The predicted molar refractivity (Wildman–Crippen MR) is 54.8 cm³/mol. The summed E-state index contributed by atoms with van der Waals surface area (Å²) in [4.78, 5) is 10.9. The zero-order valence-corrected chi connectivity index (χ0v) is 10.1. The van der Waals surface area contributed by atoms with E-state index in [-0.39, 0.29) is 6.10 Å².